The predicted octanol–water partition coefficient (Wildman–Crippen LogP) is 2.37. The maximum absolute atomic E-state index is 11.3. The summed E-state index contributed by atoms with van der Waals surface area (Å²) >= 11 is 1.35. The van der Waals surface area contributed by atoms with Gasteiger partial charge in [-0.15, -0.1) is 5.10 Å². The van der Waals surface area contributed by atoms with E-state index < -0.39 is 0 Å². The maximum atomic E-state index is 11.3. The van der Waals surface area contributed by atoms with Gasteiger partial charge in [0, 0.05) is 6.42 Å². The van der Waals surface area contributed by atoms with Gasteiger partial charge < -0.3 is 4.74 Å². The molecule has 0 bridgehead atoms. The Labute approximate surface area is 99.3 Å². The van der Waals surface area contributed by atoms with Crippen LogP contribution in [0.4, 0.5) is 0 Å². The summed E-state index contributed by atoms with van der Waals surface area (Å²) in [7, 11) is 0. The molecule has 1 rings (SSSR count). The Hall–Kier alpha value is -1.04. The Balaban J connectivity index is 1.98. The molecule has 0 saturated carbocycles. The molecule has 0 unspecified atom stereocenters. The zero-order valence-corrected chi connectivity index (χ0v) is 10.3. The van der Waals surface area contributed by atoms with Gasteiger partial charge >= 0.3 is 5.97 Å². The average Bonchev–Trinajstić information content (AvgIpc) is 2.77. The summed E-state index contributed by atoms with van der Waals surface area (Å²) in [5.41, 5.74) is 0. The molecule has 0 saturated heterocycles. The fourth-order valence-electron chi connectivity index (χ4n) is 1.18. The van der Waals surface area contributed by atoms with Gasteiger partial charge in [0.15, 0.2) is 0 Å². The van der Waals surface area contributed by atoms with Crippen molar-refractivity contribution in [3.8, 4) is 0 Å². The smallest absolute Gasteiger partial charge is 0.306 e. The van der Waals surface area contributed by atoms with E-state index in [1.54, 1.807) is 6.20 Å². The van der Waals surface area contributed by atoms with Crippen LogP contribution in [0, 0.1) is 0 Å². The number of carbonyl (C=O) groups excluding carboxylic acids is 1. The van der Waals surface area contributed by atoms with E-state index in [0.717, 1.165) is 17.9 Å². The summed E-state index contributed by atoms with van der Waals surface area (Å²) in [4.78, 5) is 11.3. The van der Waals surface area contributed by atoms with Crippen molar-refractivity contribution < 1.29 is 9.53 Å². The van der Waals surface area contributed by atoms with Crippen LogP contribution in [0.5, 0.6) is 0 Å². The number of ether oxygens (including phenoxy) is 1. The Bertz CT molecular complexity index is 290. The van der Waals surface area contributed by atoms with Crippen LogP contribution < -0.4 is 0 Å². The highest BCUT2D eigenvalue weighted by Gasteiger charge is 2.03. The molecule has 0 spiro atoms. The zero-order chi connectivity index (χ0) is 11.6. The Kier molecular flexibility index (Phi) is 6.64. The highest BCUT2D eigenvalue weighted by molar-refractivity contribution is 7.99. The van der Waals surface area contributed by atoms with Gasteiger partial charge in [0.05, 0.1) is 6.20 Å². The fourth-order valence-corrected chi connectivity index (χ4v) is 1.73. The number of thioether (sulfide) groups is 1. The van der Waals surface area contributed by atoms with Crippen LogP contribution in [-0.2, 0) is 9.53 Å². The first kappa shape index (κ1) is 13.0. The summed E-state index contributed by atoms with van der Waals surface area (Å²) in [6.45, 7) is 2.15. The van der Waals surface area contributed by atoms with Gasteiger partial charge in [0.25, 0.3) is 0 Å². The van der Waals surface area contributed by atoms with Gasteiger partial charge in [-0.25, -0.2) is 0 Å². The number of rotatable bonds is 8. The number of H-pyrrole nitrogens is 1. The Morgan fingerprint density at radius 1 is 1.50 bits per heavy atom. The number of esters is 1. The van der Waals surface area contributed by atoms with Gasteiger partial charge in [0.1, 0.15) is 11.0 Å². The SMILES string of the molecule is CCCCCCC(=O)OCSc1cn[nH]n1. The van der Waals surface area contributed by atoms with Crippen LogP contribution in [0.2, 0.25) is 0 Å². The zero-order valence-electron chi connectivity index (χ0n) is 9.44. The predicted molar refractivity (Wildman–Crippen MR) is 62.0 cm³/mol. The first-order valence-corrected chi connectivity index (χ1v) is 6.45. The van der Waals surface area contributed by atoms with Gasteiger partial charge in [0.2, 0.25) is 0 Å². The molecule has 0 aliphatic heterocycles. The van der Waals surface area contributed by atoms with Crippen LogP contribution in [-0.4, -0.2) is 27.3 Å². The molecule has 1 N–H and O–H groups in total. The van der Waals surface area contributed by atoms with Crippen molar-refractivity contribution in [3.05, 3.63) is 6.20 Å². The van der Waals surface area contributed by atoms with Crippen molar-refractivity contribution in [3.63, 3.8) is 0 Å². The van der Waals surface area contributed by atoms with Crippen LogP contribution >= 0.6 is 11.8 Å². The lowest BCUT2D eigenvalue weighted by atomic mass is 10.2. The van der Waals surface area contributed by atoms with E-state index in [1.807, 2.05) is 0 Å². The van der Waals surface area contributed by atoms with Gasteiger partial charge in [-0.3, -0.25) is 4.79 Å². The lowest BCUT2D eigenvalue weighted by molar-refractivity contribution is -0.141. The molecule has 0 amide bonds. The average molecular weight is 243 g/mol. The number of nitrogens with zero attached hydrogens (tertiary/aromatic N) is 2. The molecule has 0 aliphatic carbocycles. The first-order chi connectivity index (χ1) is 7.83. The molecule has 0 fully saturated rings. The van der Waals surface area contributed by atoms with Crippen molar-refractivity contribution in [1.82, 2.24) is 15.4 Å². The van der Waals surface area contributed by atoms with E-state index in [4.69, 9.17) is 4.74 Å². The largest absolute Gasteiger partial charge is 0.454 e. The standard InChI is InChI=1S/C10H17N3O2S/c1-2-3-4-5-6-10(14)15-8-16-9-7-11-13-12-9/h7H,2-6,8H2,1H3,(H,11,12,13). The van der Waals surface area contributed by atoms with Crippen molar-refractivity contribution in [2.75, 3.05) is 5.94 Å². The molecule has 1 heterocycles. The summed E-state index contributed by atoms with van der Waals surface area (Å²) in [6, 6.07) is 0. The molecule has 0 aromatic carbocycles. The van der Waals surface area contributed by atoms with E-state index in [1.165, 1.54) is 24.6 Å². The van der Waals surface area contributed by atoms with Crippen LogP contribution in [0.15, 0.2) is 11.2 Å². The minimum absolute atomic E-state index is 0.132. The molecule has 16 heavy (non-hydrogen) atoms. The quantitative estimate of drug-likeness (QED) is 0.328. The molecule has 1 aromatic heterocycles. The normalized spacial score (nSPS) is 10.3. The first-order valence-electron chi connectivity index (χ1n) is 5.47. The monoisotopic (exact) mass is 243 g/mol. The van der Waals surface area contributed by atoms with Crippen LogP contribution in [0.25, 0.3) is 0 Å². The van der Waals surface area contributed by atoms with E-state index in [0.29, 0.717) is 12.4 Å². The van der Waals surface area contributed by atoms with E-state index in [9.17, 15) is 4.79 Å². The van der Waals surface area contributed by atoms with Gasteiger partial charge in [-0.1, -0.05) is 37.9 Å². The van der Waals surface area contributed by atoms with E-state index in [-0.39, 0.29) is 5.97 Å². The lowest BCUT2D eigenvalue weighted by Gasteiger charge is -2.02. The van der Waals surface area contributed by atoms with E-state index in [2.05, 4.69) is 22.3 Å². The molecular weight excluding hydrogens is 226 g/mol. The molecule has 6 heteroatoms. The topological polar surface area (TPSA) is 67.9 Å². The Morgan fingerprint density at radius 3 is 3.06 bits per heavy atom. The third-order valence-corrected chi connectivity index (χ3v) is 2.78. The van der Waals surface area contributed by atoms with Crippen molar-refractivity contribution in [2.24, 2.45) is 0 Å². The number of nitrogens with one attached hydrogen (secondary N) is 1. The second kappa shape index (κ2) is 8.15. The summed E-state index contributed by atoms with van der Waals surface area (Å²) < 4.78 is 5.04. The van der Waals surface area contributed by atoms with Crippen LogP contribution in [0.1, 0.15) is 39.0 Å². The second-order valence-electron chi connectivity index (χ2n) is 3.40. The minimum Gasteiger partial charge on any atom is -0.454 e. The summed E-state index contributed by atoms with van der Waals surface area (Å²) in [5.74, 6) is 0.172. The number of hydrogen-bond acceptors (Lipinski definition) is 5. The van der Waals surface area contributed by atoms with Crippen LogP contribution in [0.3, 0.4) is 0 Å². The molecular formula is C10H17N3O2S. The molecule has 0 atom stereocenters. The third-order valence-electron chi connectivity index (χ3n) is 2.05. The number of aromatic nitrogens is 3. The molecule has 1 aromatic rings. The Morgan fingerprint density at radius 2 is 2.38 bits per heavy atom. The molecule has 90 valence electrons. The second-order valence-corrected chi connectivity index (χ2v) is 4.34. The maximum Gasteiger partial charge on any atom is 0.306 e. The van der Waals surface area contributed by atoms with Gasteiger partial charge in [-0.2, -0.15) is 10.3 Å². The molecule has 0 aliphatic rings. The summed E-state index contributed by atoms with van der Waals surface area (Å²) in [5, 5.41) is 10.7. The van der Waals surface area contributed by atoms with Crippen molar-refractivity contribution in [2.45, 2.75) is 44.1 Å². The fraction of sp³-hybridized carbons (Fsp3) is 0.700. The lowest BCUT2D eigenvalue weighted by Crippen LogP contribution is -2.03. The number of hydrogen-bond donors (Lipinski definition) is 1. The summed E-state index contributed by atoms with van der Waals surface area (Å²) in [6.07, 6.45) is 6.49. The number of unbranched alkanes of at least 4 members (excludes halogenated alkanes) is 3. The van der Waals surface area contributed by atoms with E-state index >= 15 is 0 Å². The highest BCUT2D eigenvalue weighted by atomic mass is 32.2. The van der Waals surface area contributed by atoms with Crippen molar-refractivity contribution in [1.29, 1.82) is 0 Å². The van der Waals surface area contributed by atoms with Gasteiger partial charge in [-0.05, 0) is 6.42 Å². The number of aromatic amines is 1. The highest BCUT2D eigenvalue weighted by Crippen LogP contribution is 2.13. The molecule has 5 nitrogen and oxygen atoms in total. The molecule has 0 radical (unpaired) electrons. The third kappa shape index (κ3) is 5.75. The number of carbonyl (C=O) groups is 1. The minimum atomic E-state index is -0.132. The van der Waals surface area contributed by atoms with Crippen molar-refractivity contribution >= 4 is 17.7 Å².